The van der Waals surface area contributed by atoms with E-state index in [-0.39, 0.29) is 30.3 Å². The van der Waals surface area contributed by atoms with Crippen molar-refractivity contribution >= 4 is 35.2 Å². The van der Waals surface area contributed by atoms with Gasteiger partial charge in [0.25, 0.3) is 5.91 Å². The first kappa shape index (κ1) is 24.9. The number of benzene rings is 2. The van der Waals surface area contributed by atoms with Crippen molar-refractivity contribution in [1.82, 2.24) is 4.90 Å². The van der Waals surface area contributed by atoms with Crippen LogP contribution in [-0.4, -0.2) is 63.6 Å². The highest BCUT2D eigenvalue weighted by Gasteiger charge is 2.72. The van der Waals surface area contributed by atoms with Crippen molar-refractivity contribution in [2.24, 2.45) is 11.8 Å². The second-order valence-corrected chi connectivity index (χ2v) is 11.8. The molecule has 6 rings (SSSR count). The number of amides is 2. The molecule has 0 aromatic heterocycles. The maximum absolute atomic E-state index is 14.7. The average molecular weight is 531 g/mol. The van der Waals surface area contributed by atoms with Crippen molar-refractivity contribution in [2.45, 2.75) is 35.9 Å². The van der Waals surface area contributed by atoms with Crippen molar-refractivity contribution in [3.63, 3.8) is 0 Å². The fourth-order valence-electron chi connectivity index (χ4n) is 6.71. The van der Waals surface area contributed by atoms with E-state index in [1.54, 1.807) is 9.80 Å². The van der Waals surface area contributed by atoms with Gasteiger partial charge in [-0.1, -0.05) is 72.8 Å². The SMILES string of the molecule is Cc1cccc(C)c1N1CC=C[C@]23S[C@@H]4C=CCOC(=O)[C@@H]4[C@H]2C(=O)N([C@H](CO)c2ccccc2)C3C1=O. The topological polar surface area (TPSA) is 87.2 Å². The summed E-state index contributed by atoms with van der Waals surface area (Å²) in [7, 11) is 0. The number of aliphatic hydroxyl groups is 1. The van der Waals surface area contributed by atoms with Crippen LogP contribution in [0.15, 0.2) is 72.8 Å². The molecule has 1 unspecified atom stereocenters. The number of cyclic esters (lactones) is 1. The number of likely N-dealkylation sites (tertiary alicyclic amines) is 1. The number of nitrogens with zero attached hydrogens (tertiary/aromatic N) is 2. The fourth-order valence-corrected chi connectivity index (χ4v) is 8.69. The summed E-state index contributed by atoms with van der Waals surface area (Å²) < 4.78 is 4.48. The zero-order chi connectivity index (χ0) is 26.6. The molecule has 4 heterocycles. The van der Waals surface area contributed by atoms with Gasteiger partial charge in [-0.25, -0.2) is 0 Å². The molecule has 2 saturated heterocycles. The Morgan fingerprint density at radius 3 is 2.47 bits per heavy atom. The molecule has 0 bridgehead atoms. The lowest BCUT2D eigenvalue weighted by Crippen LogP contribution is -2.54. The molecule has 7 nitrogen and oxygen atoms in total. The third-order valence-corrected chi connectivity index (χ3v) is 10.00. The molecule has 8 heteroatoms. The smallest absolute Gasteiger partial charge is 0.311 e. The molecular weight excluding hydrogens is 500 g/mol. The molecule has 2 amide bonds. The zero-order valence-electron chi connectivity index (χ0n) is 21.3. The highest BCUT2D eigenvalue weighted by atomic mass is 32.2. The second kappa shape index (κ2) is 9.43. The Labute approximate surface area is 226 Å². The lowest BCUT2D eigenvalue weighted by atomic mass is 9.78. The minimum atomic E-state index is -0.974. The van der Waals surface area contributed by atoms with Crippen LogP contribution in [0.3, 0.4) is 0 Å². The lowest BCUT2D eigenvalue weighted by molar-refractivity contribution is -0.152. The fraction of sp³-hybridized carbons (Fsp3) is 0.367. The summed E-state index contributed by atoms with van der Waals surface area (Å²) in [4.78, 5) is 45.6. The van der Waals surface area contributed by atoms with E-state index in [1.807, 2.05) is 86.7 Å². The molecule has 0 saturated carbocycles. The van der Waals surface area contributed by atoms with E-state index in [4.69, 9.17) is 4.74 Å². The number of thioether (sulfide) groups is 1. The first-order valence-corrected chi connectivity index (χ1v) is 13.8. The summed E-state index contributed by atoms with van der Waals surface area (Å²) in [5.74, 6) is -2.42. The minimum Gasteiger partial charge on any atom is -0.461 e. The molecule has 2 fully saturated rings. The number of carbonyl (C=O) groups is 3. The van der Waals surface area contributed by atoms with Gasteiger partial charge in [0.2, 0.25) is 5.91 Å². The Hall–Kier alpha value is -3.36. The van der Waals surface area contributed by atoms with Gasteiger partial charge in [0.05, 0.1) is 29.2 Å². The number of rotatable bonds is 4. The Bertz CT molecular complexity index is 1340. The number of esters is 1. The maximum Gasteiger partial charge on any atom is 0.311 e. The predicted octanol–water partition coefficient (Wildman–Crippen LogP) is 3.35. The van der Waals surface area contributed by atoms with Gasteiger partial charge in [-0.2, -0.15) is 0 Å². The van der Waals surface area contributed by atoms with Crippen LogP contribution in [0.5, 0.6) is 0 Å². The summed E-state index contributed by atoms with van der Waals surface area (Å²) in [5.41, 5.74) is 3.50. The highest BCUT2D eigenvalue weighted by molar-refractivity contribution is 8.02. The molecule has 0 aliphatic carbocycles. The van der Waals surface area contributed by atoms with E-state index in [2.05, 4.69) is 0 Å². The van der Waals surface area contributed by atoms with E-state index >= 15 is 0 Å². The first-order valence-electron chi connectivity index (χ1n) is 12.9. The van der Waals surface area contributed by atoms with Crippen LogP contribution in [0.1, 0.15) is 22.7 Å². The van der Waals surface area contributed by atoms with E-state index in [9.17, 15) is 19.5 Å². The molecule has 38 heavy (non-hydrogen) atoms. The average Bonchev–Trinajstić information content (AvgIpc) is 3.21. The van der Waals surface area contributed by atoms with Crippen molar-refractivity contribution in [3.05, 3.63) is 89.5 Å². The van der Waals surface area contributed by atoms with Gasteiger partial charge >= 0.3 is 5.97 Å². The number of para-hydroxylation sites is 1. The number of aliphatic hydroxyl groups excluding tert-OH is 1. The molecule has 196 valence electrons. The van der Waals surface area contributed by atoms with Crippen molar-refractivity contribution in [2.75, 3.05) is 24.7 Å². The summed E-state index contributed by atoms with van der Waals surface area (Å²) in [6.45, 7) is 4.13. The van der Waals surface area contributed by atoms with Crippen molar-refractivity contribution in [1.29, 1.82) is 0 Å². The van der Waals surface area contributed by atoms with Crippen LogP contribution in [0, 0.1) is 25.7 Å². The zero-order valence-corrected chi connectivity index (χ0v) is 22.1. The Morgan fingerprint density at radius 1 is 1.03 bits per heavy atom. The summed E-state index contributed by atoms with van der Waals surface area (Å²) in [6, 6.07) is 13.6. The number of aryl methyl sites for hydroxylation is 2. The molecule has 2 aromatic rings. The third kappa shape index (κ3) is 3.57. The first-order chi connectivity index (χ1) is 18.4. The summed E-state index contributed by atoms with van der Waals surface area (Å²) in [6.07, 6.45) is 7.69. The maximum atomic E-state index is 14.7. The van der Waals surface area contributed by atoms with Crippen LogP contribution >= 0.6 is 11.8 Å². The van der Waals surface area contributed by atoms with Crippen LogP contribution in [0.4, 0.5) is 5.69 Å². The number of hydrogen-bond acceptors (Lipinski definition) is 6. The van der Waals surface area contributed by atoms with E-state index in [1.165, 1.54) is 11.8 Å². The monoisotopic (exact) mass is 530 g/mol. The van der Waals surface area contributed by atoms with Gasteiger partial charge in [0.15, 0.2) is 0 Å². The number of carbonyl (C=O) groups excluding carboxylic acids is 3. The Kier molecular flexibility index (Phi) is 6.19. The van der Waals surface area contributed by atoms with Gasteiger partial charge in [-0.15, -0.1) is 11.8 Å². The van der Waals surface area contributed by atoms with E-state index in [0.29, 0.717) is 6.54 Å². The van der Waals surface area contributed by atoms with Gasteiger partial charge in [0.1, 0.15) is 12.6 Å². The van der Waals surface area contributed by atoms with Crippen molar-refractivity contribution < 1.29 is 24.2 Å². The van der Waals surface area contributed by atoms with Crippen LogP contribution in [-0.2, 0) is 19.1 Å². The standard InChI is InChI=1S/C30H30N2O5S/c1-18-9-6-10-19(2)25(18)31-15-8-14-30-24(23-22(38-30)13-7-16-37-29(23)36)27(34)32(26(30)28(31)35)21(17-33)20-11-4-3-5-12-20/h3-14,21-24,26,33H,15-17H2,1-2H3/t21-,22-,23+,24+,26?,30+/m1/s1. The van der Waals surface area contributed by atoms with E-state index < -0.39 is 34.6 Å². The summed E-state index contributed by atoms with van der Waals surface area (Å²) in [5, 5.41) is 10.3. The van der Waals surface area contributed by atoms with E-state index in [0.717, 1.165) is 22.4 Å². The number of fused-ring (bicyclic) bond motifs is 2. The quantitative estimate of drug-likeness (QED) is 0.482. The molecule has 1 N–H and O–H groups in total. The summed E-state index contributed by atoms with van der Waals surface area (Å²) >= 11 is 1.50. The second-order valence-electron chi connectivity index (χ2n) is 10.3. The molecule has 6 atom stereocenters. The van der Waals surface area contributed by atoms with Crippen LogP contribution in [0.25, 0.3) is 0 Å². The highest BCUT2D eigenvalue weighted by Crippen LogP contribution is 2.62. The molecule has 4 aliphatic heterocycles. The Balaban J connectivity index is 1.54. The van der Waals surface area contributed by atoms with Crippen molar-refractivity contribution in [3.8, 4) is 0 Å². The predicted molar refractivity (Wildman–Crippen MR) is 146 cm³/mol. The van der Waals surface area contributed by atoms with Crippen LogP contribution in [0.2, 0.25) is 0 Å². The molecule has 0 radical (unpaired) electrons. The number of hydrogen-bond donors (Lipinski definition) is 1. The third-order valence-electron chi connectivity index (χ3n) is 8.25. The van der Waals surface area contributed by atoms with Gasteiger partial charge in [-0.3, -0.25) is 14.4 Å². The number of ether oxygens (including phenoxy) is 1. The van der Waals surface area contributed by atoms with Gasteiger partial charge in [0, 0.05) is 17.5 Å². The molecule has 1 spiro atoms. The largest absolute Gasteiger partial charge is 0.461 e. The molecular formula is C30H30N2O5S. The molecule has 2 aromatic carbocycles. The van der Waals surface area contributed by atoms with Gasteiger partial charge in [-0.05, 0) is 30.5 Å². The lowest BCUT2D eigenvalue weighted by Gasteiger charge is -2.39. The minimum absolute atomic E-state index is 0.172. The van der Waals surface area contributed by atoms with Crippen LogP contribution < -0.4 is 4.90 Å². The molecule has 4 aliphatic rings. The van der Waals surface area contributed by atoms with Gasteiger partial charge < -0.3 is 19.6 Å². The normalized spacial score (nSPS) is 30.9. The number of anilines is 1. The Morgan fingerprint density at radius 2 is 1.76 bits per heavy atom.